The van der Waals surface area contributed by atoms with Gasteiger partial charge in [-0.3, -0.25) is 18.7 Å². The number of anilines is 1. The normalized spacial score (nSPS) is 11.7. The van der Waals surface area contributed by atoms with Crippen LogP contribution in [0.3, 0.4) is 0 Å². The number of aromatic nitrogens is 4. The highest BCUT2D eigenvalue weighted by molar-refractivity contribution is 7.14. The van der Waals surface area contributed by atoms with Gasteiger partial charge in [0.15, 0.2) is 10.8 Å². The summed E-state index contributed by atoms with van der Waals surface area (Å²) in [5.41, 5.74) is -4.02. The zero-order valence-corrected chi connectivity index (χ0v) is 20.1. The molecule has 0 unspecified atom stereocenters. The fourth-order valence-corrected chi connectivity index (χ4v) is 4.38. The molecule has 0 radical (unpaired) electrons. The van der Waals surface area contributed by atoms with Gasteiger partial charge in [0.05, 0.1) is 24.6 Å². The molecule has 1 N–H and O–H groups in total. The van der Waals surface area contributed by atoms with E-state index in [2.05, 4.69) is 15.3 Å². The summed E-state index contributed by atoms with van der Waals surface area (Å²) in [4.78, 5) is 45.8. The fraction of sp³-hybridized carbons (Fsp3) is 0.227. The number of carbonyl (C=O) groups excluding carboxylic acids is 1. The Morgan fingerprint density at radius 2 is 1.84 bits per heavy atom. The predicted molar refractivity (Wildman–Crippen MR) is 124 cm³/mol. The summed E-state index contributed by atoms with van der Waals surface area (Å²) >= 11 is 0.798. The van der Waals surface area contributed by atoms with E-state index < -0.39 is 46.1 Å². The first-order valence-corrected chi connectivity index (χ1v) is 11.2. The number of nitrogens with one attached hydrogen (secondary N) is 1. The third-order valence-electron chi connectivity index (χ3n) is 5.43. The molecule has 4 aromatic rings. The van der Waals surface area contributed by atoms with E-state index in [4.69, 9.17) is 4.74 Å². The maximum Gasteiger partial charge on any atom is 0.422 e. The molecule has 0 aliphatic heterocycles. The van der Waals surface area contributed by atoms with Gasteiger partial charge < -0.3 is 10.1 Å². The van der Waals surface area contributed by atoms with Gasteiger partial charge in [-0.05, 0) is 17.7 Å². The third kappa shape index (κ3) is 4.69. The van der Waals surface area contributed by atoms with Crippen LogP contribution in [0.2, 0.25) is 0 Å². The maximum atomic E-state index is 14.5. The molecule has 9 nitrogen and oxygen atoms in total. The van der Waals surface area contributed by atoms with Crippen molar-refractivity contribution in [2.24, 2.45) is 14.1 Å². The zero-order chi connectivity index (χ0) is 27.2. The number of ether oxygens (including phenoxy) is 1. The lowest BCUT2D eigenvalue weighted by atomic mass is 10.1. The van der Waals surface area contributed by atoms with Gasteiger partial charge in [-0.1, -0.05) is 0 Å². The second kappa shape index (κ2) is 9.38. The highest BCUT2D eigenvalue weighted by atomic mass is 32.1. The second-order valence-corrected chi connectivity index (χ2v) is 8.63. The van der Waals surface area contributed by atoms with Gasteiger partial charge in [0, 0.05) is 31.1 Å². The summed E-state index contributed by atoms with van der Waals surface area (Å²) in [7, 11) is 3.98. The summed E-state index contributed by atoms with van der Waals surface area (Å²) in [6.45, 7) is 0. The molecule has 3 aromatic heterocycles. The summed E-state index contributed by atoms with van der Waals surface area (Å²) in [5.74, 6) is -4.22. The topological polar surface area (TPSA) is 108 Å². The average molecular weight is 541 g/mol. The second-order valence-electron chi connectivity index (χ2n) is 7.77. The number of carbonyl (C=O) groups is 1. The van der Waals surface area contributed by atoms with Gasteiger partial charge in [-0.2, -0.15) is 18.2 Å². The highest BCUT2D eigenvalue weighted by Gasteiger charge is 2.39. The third-order valence-corrected chi connectivity index (χ3v) is 6.19. The van der Waals surface area contributed by atoms with Crippen molar-refractivity contribution in [1.29, 1.82) is 0 Å². The summed E-state index contributed by atoms with van der Waals surface area (Å²) in [6, 6.07) is 2.65. The molecule has 0 fully saturated rings. The van der Waals surface area contributed by atoms with Crippen LogP contribution in [0.15, 0.2) is 33.2 Å². The summed E-state index contributed by atoms with van der Waals surface area (Å²) < 4.78 is 74.3. The molecule has 0 spiro atoms. The van der Waals surface area contributed by atoms with E-state index in [9.17, 15) is 36.3 Å². The number of amides is 1. The van der Waals surface area contributed by atoms with Crippen molar-refractivity contribution in [1.82, 2.24) is 19.1 Å². The number of aryl methyl sites for hydroxylation is 1. The van der Waals surface area contributed by atoms with E-state index in [1.165, 1.54) is 32.7 Å². The van der Waals surface area contributed by atoms with Crippen molar-refractivity contribution in [3.05, 3.63) is 67.2 Å². The number of nitrogens with zero attached hydrogens (tertiary/aromatic N) is 4. The Labute approximate surface area is 207 Å². The van der Waals surface area contributed by atoms with Crippen molar-refractivity contribution < 1.29 is 31.5 Å². The number of rotatable bonds is 5. The van der Waals surface area contributed by atoms with Gasteiger partial charge in [-0.15, -0.1) is 11.3 Å². The number of hydrogen-bond donors (Lipinski definition) is 1. The molecule has 194 valence electrons. The Bertz CT molecular complexity index is 1680. The standard InChI is InChI=1S/C22H16F5N5O4S/c1-31-18-15(19(34)32(2)21(31)35)9(7-14(30-18)36-3)6-13(33)29-20-28-12(8-37-20)10-4-5-11(23)16(17(10)24)22(25,26)27/h4-5,7-8H,6H2,1-3H3,(H,28,29,33). The molecule has 0 saturated heterocycles. The van der Waals surface area contributed by atoms with Gasteiger partial charge >= 0.3 is 11.9 Å². The number of halogens is 5. The molecule has 0 saturated carbocycles. The SMILES string of the molecule is COc1cc(CC(=O)Nc2nc(-c3ccc(F)c(C(F)(F)F)c3F)cs2)c2c(=O)n(C)c(=O)n(C)c2n1. The minimum atomic E-state index is -5.26. The van der Waals surface area contributed by atoms with Crippen LogP contribution in [0, 0.1) is 11.6 Å². The van der Waals surface area contributed by atoms with Crippen molar-refractivity contribution >= 4 is 33.4 Å². The van der Waals surface area contributed by atoms with Crippen LogP contribution < -0.4 is 21.3 Å². The number of methoxy groups -OCH3 is 1. The smallest absolute Gasteiger partial charge is 0.422 e. The van der Waals surface area contributed by atoms with Gasteiger partial charge in [0.2, 0.25) is 11.8 Å². The van der Waals surface area contributed by atoms with Crippen LogP contribution in [0.4, 0.5) is 27.1 Å². The molecule has 0 bridgehead atoms. The molecule has 3 heterocycles. The largest absolute Gasteiger partial charge is 0.481 e. The van der Waals surface area contributed by atoms with Crippen LogP contribution in [0.5, 0.6) is 5.88 Å². The van der Waals surface area contributed by atoms with E-state index in [0.717, 1.165) is 26.5 Å². The molecule has 0 aliphatic rings. The lowest BCUT2D eigenvalue weighted by Gasteiger charge is -2.12. The zero-order valence-electron chi connectivity index (χ0n) is 19.2. The first-order chi connectivity index (χ1) is 17.3. The number of pyridine rings is 1. The summed E-state index contributed by atoms with van der Waals surface area (Å²) in [6.07, 6.45) is -5.65. The first-order valence-electron chi connectivity index (χ1n) is 10.3. The Kier molecular flexibility index (Phi) is 6.58. The summed E-state index contributed by atoms with van der Waals surface area (Å²) in [5, 5.41) is 3.55. The molecule has 4 rings (SSSR count). The van der Waals surface area contributed by atoms with Crippen molar-refractivity contribution in [2.75, 3.05) is 12.4 Å². The van der Waals surface area contributed by atoms with Gasteiger partial charge in [0.1, 0.15) is 17.2 Å². The maximum absolute atomic E-state index is 14.5. The van der Waals surface area contributed by atoms with Crippen molar-refractivity contribution in [3.8, 4) is 17.1 Å². The van der Waals surface area contributed by atoms with Crippen LogP contribution in [-0.4, -0.2) is 32.1 Å². The van der Waals surface area contributed by atoms with Crippen LogP contribution in [0.25, 0.3) is 22.3 Å². The Hall–Kier alpha value is -4.14. The van der Waals surface area contributed by atoms with E-state index in [1.807, 2.05) is 0 Å². The van der Waals surface area contributed by atoms with E-state index in [-0.39, 0.29) is 39.7 Å². The van der Waals surface area contributed by atoms with E-state index in [1.54, 1.807) is 0 Å². The lowest BCUT2D eigenvalue weighted by molar-refractivity contribution is -0.142. The molecule has 15 heteroatoms. The highest BCUT2D eigenvalue weighted by Crippen LogP contribution is 2.38. The monoisotopic (exact) mass is 541 g/mol. The Balaban J connectivity index is 1.66. The molecule has 37 heavy (non-hydrogen) atoms. The molecular weight excluding hydrogens is 525 g/mol. The Morgan fingerprint density at radius 3 is 2.49 bits per heavy atom. The van der Waals surface area contributed by atoms with Crippen LogP contribution >= 0.6 is 11.3 Å². The molecule has 0 aliphatic carbocycles. The predicted octanol–water partition coefficient (Wildman–Crippen LogP) is 3.24. The minimum absolute atomic E-state index is 0.000890. The molecule has 0 atom stereocenters. The fourth-order valence-electron chi connectivity index (χ4n) is 3.65. The first kappa shape index (κ1) is 25.9. The Morgan fingerprint density at radius 1 is 1.14 bits per heavy atom. The van der Waals surface area contributed by atoms with Crippen LogP contribution in [-0.2, 0) is 31.5 Å². The molecule has 1 aromatic carbocycles. The lowest BCUT2D eigenvalue weighted by Crippen LogP contribution is -2.38. The van der Waals surface area contributed by atoms with Crippen molar-refractivity contribution in [3.63, 3.8) is 0 Å². The number of benzene rings is 1. The average Bonchev–Trinajstić information content (AvgIpc) is 3.27. The molecular formula is C22H16F5N5O4S. The van der Waals surface area contributed by atoms with Crippen molar-refractivity contribution in [2.45, 2.75) is 12.6 Å². The van der Waals surface area contributed by atoms with E-state index in [0.29, 0.717) is 6.07 Å². The number of alkyl halides is 3. The van der Waals surface area contributed by atoms with Crippen LogP contribution in [0.1, 0.15) is 11.1 Å². The quantitative estimate of drug-likeness (QED) is 0.389. The number of fused-ring (bicyclic) bond motifs is 1. The number of hydrogen-bond acceptors (Lipinski definition) is 7. The van der Waals surface area contributed by atoms with Gasteiger partial charge in [0.25, 0.3) is 5.56 Å². The minimum Gasteiger partial charge on any atom is -0.481 e. The molecule has 1 amide bonds. The van der Waals surface area contributed by atoms with E-state index >= 15 is 0 Å². The number of thiazole rings is 1. The van der Waals surface area contributed by atoms with Gasteiger partial charge in [-0.25, -0.2) is 18.6 Å².